The number of nitro benzene ring substituents is 1. The van der Waals surface area contributed by atoms with Crippen molar-refractivity contribution in [1.82, 2.24) is 4.90 Å². The molecule has 0 aromatic heterocycles. The van der Waals surface area contributed by atoms with E-state index in [1.165, 1.54) is 23.1 Å². The Labute approximate surface area is 116 Å². The van der Waals surface area contributed by atoms with Crippen LogP contribution in [0.4, 0.5) is 5.69 Å². The Kier molecular flexibility index (Phi) is 5.64. The first-order valence-electron chi connectivity index (χ1n) is 6.02. The fourth-order valence-electron chi connectivity index (χ4n) is 1.52. The first-order chi connectivity index (χ1) is 9.45. The summed E-state index contributed by atoms with van der Waals surface area (Å²) in [6.07, 6.45) is 1.31. The second-order valence-electron chi connectivity index (χ2n) is 4.34. The molecule has 0 bridgehead atoms. The number of benzene rings is 1. The lowest BCUT2D eigenvalue weighted by Crippen LogP contribution is -2.21. The topological polar surface area (TPSA) is 89.8 Å². The minimum atomic E-state index is -0.622. The zero-order chi connectivity index (χ0) is 15.1. The average molecular weight is 280 g/mol. The largest absolute Gasteiger partial charge is 0.494 e. The quantitative estimate of drug-likeness (QED) is 0.328. The van der Waals surface area contributed by atoms with Gasteiger partial charge < -0.3 is 9.64 Å². The Bertz CT molecular complexity index is 513. The second kappa shape index (κ2) is 7.22. The number of carbonyl (C=O) groups is 2. The van der Waals surface area contributed by atoms with Crippen molar-refractivity contribution in [2.75, 3.05) is 20.7 Å². The maximum Gasteiger partial charge on any atom is 0.280 e. The summed E-state index contributed by atoms with van der Waals surface area (Å²) in [7, 11) is 3.35. The molecule has 0 spiro atoms. The third kappa shape index (κ3) is 4.34. The number of nitrogens with zero attached hydrogens (tertiary/aromatic N) is 2. The molecule has 1 amide bonds. The number of hydrogen-bond donors (Lipinski definition) is 0. The number of nitro groups is 1. The molecule has 20 heavy (non-hydrogen) atoms. The van der Waals surface area contributed by atoms with Crippen LogP contribution in [0.15, 0.2) is 18.2 Å². The third-order valence-corrected chi connectivity index (χ3v) is 2.63. The summed E-state index contributed by atoms with van der Waals surface area (Å²) >= 11 is 0. The van der Waals surface area contributed by atoms with Gasteiger partial charge in [0.05, 0.1) is 17.1 Å². The summed E-state index contributed by atoms with van der Waals surface area (Å²) in [5.74, 6) is 0.376. The van der Waals surface area contributed by atoms with Crippen LogP contribution in [0.1, 0.15) is 23.2 Å². The lowest BCUT2D eigenvalue weighted by molar-refractivity contribution is -0.385. The number of ether oxygens (including phenoxy) is 1. The van der Waals surface area contributed by atoms with E-state index in [4.69, 9.17) is 4.74 Å². The summed E-state index contributed by atoms with van der Waals surface area (Å²) in [6, 6.07) is 3.97. The van der Waals surface area contributed by atoms with Crippen molar-refractivity contribution in [3.63, 3.8) is 0 Å². The summed E-state index contributed by atoms with van der Waals surface area (Å²) in [5.41, 5.74) is -0.285. The van der Waals surface area contributed by atoms with E-state index < -0.39 is 4.92 Å². The minimum Gasteiger partial charge on any atom is -0.494 e. The molecule has 0 N–H and O–H groups in total. The van der Waals surface area contributed by atoms with Gasteiger partial charge in [0.2, 0.25) is 5.91 Å². The van der Waals surface area contributed by atoms with E-state index in [2.05, 4.69) is 0 Å². The first kappa shape index (κ1) is 15.6. The Hall–Kier alpha value is -2.44. The number of carbonyl (C=O) groups excluding carboxylic acids is 2. The molecule has 0 atom stereocenters. The highest BCUT2D eigenvalue weighted by atomic mass is 16.6. The van der Waals surface area contributed by atoms with Crippen LogP contribution >= 0.6 is 0 Å². The highest BCUT2D eigenvalue weighted by molar-refractivity contribution is 5.82. The maximum atomic E-state index is 11.3. The predicted octanol–water partition coefficient (Wildman–Crippen LogP) is 1.65. The van der Waals surface area contributed by atoms with Crippen LogP contribution in [-0.2, 0) is 4.79 Å². The number of hydrogen-bond acceptors (Lipinski definition) is 5. The van der Waals surface area contributed by atoms with Gasteiger partial charge in [0.15, 0.2) is 6.29 Å². The summed E-state index contributed by atoms with van der Waals surface area (Å²) < 4.78 is 5.36. The van der Waals surface area contributed by atoms with Crippen LogP contribution in [-0.4, -0.2) is 42.7 Å². The van der Waals surface area contributed by atoms with Gasteiger partial charge in [0, 0.05) is 26.6 Å². The van der Waals surface area contributed by atoms with E-state index in [1.807, 2.05) is 0 Å². The summed E-state index contributed by atoms with van der Waals surface area (Å²) in [4.78, 5) is 33.6. The highest BCUT2D eigenvalue weighted by Crippen LogP contribution is 2.22. The smallest absolute Gasteiger partial charge is 0.280 e. The summed E-state index contributed by atoms with van der Waals surface area (Å²) in [6.45, 7) is 0.301. The molecular weight excluding hydrogens is 264 g/mol. The molecule has 0 aliphatic carbocycles. The third-order valence-electron chi connectivity index (χ3n) is 2.63. The van der Waals surface area contributed by atoms with E-state index in [0.29, 0.717) is 31.5 Å². The van der Waals surface area contributed by atoms with Gasteiger partial charge in [-0.3, -0.25) is 19.7 Å². The van der Waals surface area contributed by atoms with Crippen molar-refractivity contribution < 1.29 is 19.2 Å². The SMILES string of the molecule is CN(C)C(=O)CCCOc1ccc([N+](=O)[O-])c(C=O)c1. The highest BCUT2D eigenvalue weighted by Gasteiger charge is 2.13. The van der Waals surface area contributed by atoms with Gasteiger partial charge in [-0.1, -0.05) is 0 Å². The van der Waals surface area contributed by atoms with Crippen LogP contribution in [0.2, 0.25) is 0 Å². The molecular formula is C13H16N2O5. The van der Waals surface area contributed by atoms with Crippen molar-refractivity contribution in [3.05, 3.63) is 33.9 Å². The lowest BCUT2D eigenvalue weighted by Gasteiger charge is -2.10. The van der Waals surface area contributed by atoms with Gasteiger partial charge in [-0.05, 0) is 18.6 Å². The van der Waals surface area contributed by atoms with Crippen LogP contribution in [0.25, 0.3) is 0 Å². The molecule has 7 heteroatoms. The molecule has 0 saturated carbocycles. The second-order valence-corrected chi connectivity index (χ2v) is 4.34. The van der Waals surface area contributed by atoms with Crippen molar-refractivity contribution in [3.8, 4) is 5.75 Å². The van der Waals surface area contributed by atoms with E-state index in [9.17, 15) is 19.7 Å². The van der Waals surface area contributed by atoms with E-state index in [0.717, 1.165) is 0 Å². The molecule has 0 radical (unpaired) electrons. The monoisotopic (exact) mass is 280 g/mol. The Balaban J connectivity index is 2.55. The normalized spacial score (nSPS) is 9.90. The van der Waals surface area contributed by atoms with Gasteiger partial charge >= 0.3 is 0 Å². The Morgan fingerprint density at radius 3 is 2.70 bits per heavy atom. The van der Waals surface area contributed by atoms with E-state index in [-0.39, 0.29) is 17.2 Å². The molecule has 0 unspecified atom stereocenters. The zero-order valence-electron chi connectivity index (χ0n) is 11.4. The van der Waals surface area contributed by atoms with Gasteiger partial charge in [-0.2, -0.15) is 0 Å². The minimum absolute atomic E-state index is 0.00544. The first-order valence-corrected chi connectivity index (χ1v) is 6.02. The summed E-state index contributed by atoms with van der Waals surface area (Å²) in [5, 5.41) is 10.7. The number of rotatable bonds is 7. The van der Waals surface area contributed by atoms with E-state index in [1.54, 1.807) is 14.1 Å². The molecule has 1 aromatic rings. The molecule has 1 aromatic carbocycles. The lowest BCUT2D eigenvalue weighted by atomic mass is 10.2. The number of aldehydes is 1. The van der Waals surface area contributed by atoms with Gasteiger partial charge in [0.1, 0.15) is 5.75 Å². The fraction of sp³-hybridized carbons (Fsp3) is 0.385. The fourth-order valence-corrected chi connectivity index (χ4v) is 1.52. The molecule has 0 aliphatic heterocycles. The van der Waals surface area contributed by atoms with Crippen LogP contribution in [0, 0.1) is 10.1 Å². The van der Waals surface area contributed by atoms with Gasteiger partial charge in [-0.25, -0.2) is 0 Å². The molecule has 0 saturated heterocycles. The average Bonchev–Trinajstić information content (AvgIpc) is 2.42. The molecule has 7 nitrogen and oxygen atoms in total. The van der Waals surface area contributed by atoms with Gasteiger partial charge in [-0.15, -0.1) is 0 Å². The molecule has 1 rings (SSSR count). The van der Waals surface area contributed by atoms with Crippen LogP contribution < -0.4 is 4.74 Å². The van der Waals surface area contributed by atoms with Crippen LogP contribution in [0.5, 0.6) is 5.75 Å². The Morgan fingerprint density at radius 2 is 2.15 bits per heavy atom. The van der Waals surface area contributed by atoms with Crippen molar-refractivity contribution in [2.24, 2.45) is 0 Å². The van der Waals surface area contributed by atoms with Crippen molar-refractivity contribution >= 4 is 17.9 Å². The zero-order valence-corrected chi connectivity index (χ0v) is 11.4. The maximum absolute atomic E-state index is 11.3. The van der Waals surface area contributed by atoms with E-state index >= 15 is 0 Å². The van der Waals surface area contributed by atoms with Crippen molar-refractivity contribution in [2.45, 2.75) is 12.8 Å². The predicted molar refractivity (Wildman–Crippen MR) is 71.9 cm³/mol. The van der Waals surface area contributed by atoms with Crippen molar-refractivity contribution in [1.29, 1.82) is 0 Å². The number of amides is 1. The molecule has 0 fully saturated rings. The standard InChI is InChI=1S/C13H16N2O5/c1-14(2)13(17)4-3-7-20-11-5-6-12(15(18)19)10(8-11)9-16/h5-6,8-9H,3-4,7H2,1-2H3. The molecule has 0 aliphatic rings. The molecule has 108 valence electrons. The molecule has 0 heterocycles. The Morgan fingerprint density at radius 1 is 1.45 bits per heavy atom. The van der Waals surface area contributed by atoms with Crippen LogP contribution in [0.3, 0.4) is 0 Å². The van der Waals surface area contributed by atoms with Gasteiger partial charge in [0.25, 0.3) is 5.69 Å².